The number of pyridine rings is 1. The molecule has 1 aliphatic heterocycles. The Balaban J connectivity index is 1.36. The monoisotopic (exact) mass is 495 g/mol. The average molecular weight is 496 g/mol. The van der Waals surface area contributed by atoms with Gasteiger partial charge >= 0.3 is 0 Å². The lowest BCUT2D eigenvalue weighted by molar-refractivity contribution is -0.132. The van der Waals surface area contributed by atoms with E-state index in [0.717, 1.165) is 33.4 Å². The van der Waals surface area contributed by atoms with Crippen molar-refractivity contribution in [2.45, 2.75) is 46.6 Å². The van der Waals surface area contributed by atoms with E-state index in [-0.39, 0.29) is 11.9 Å². The van der Waals surface area contributed by atoms with Crippen LogP contribution in [0.5, 0.6) is 0 Å². The summed E-state index contributed by atoms with van der Waals surface area (Å²) < 4.78 is 28.8. The molecular formula is C26H33N5O3S. The van der Waals surface area contributed by atoms with Crippen LogP contribution in [0.1, 0.15) is 48.7 Å². The van der Waals surface area contributed by atoms with Gasteiger partial charge in [0.15, 0.2) is 5.65 Å². The van der Waals surface area contributed by atoms with Crippen LogP contribution in [0.15, 0.2) is 41.9 Å². The summed E-state index contributed by atoms with van der Waals surface area (Å²) in [6.07, 6.45) is 4.43. The molecule has 1 amide bonds. The normalized spacial score (nSPS) is 15.5. The molecule has 9 heteroatoms. The minimum absolute atomic E-state index is 0.0404. The second-order valence-corrected chi connectivity index (χ2v) is 11.1. The Morgan fingerprint density at radius 3 is 2.43 bits per heavy atom. The van der Waals surface area contributed by atoms with Gasteiger partial charge in [-0.1, -0.05) is 30.3 Å². The lowest BCUT2D eigenvalue weighted by atomic mass is 10.00. The molecule has 4 rings (SSSR count). The number of aryl methyl sites for hydroxylation is 2. The maximum absolute atomic E-state index is 12.9. The van der Waals surface area contributed by atoms with E-state index >= 15 is 0 Å². The number of amides is 1. The predicted molar refractivity (Wildman–Crippen MR) is 138 cm³/mol. The van der Waals surface area contributed by atoms with E-state index < -0.39 is 10.0 Å². The van der Waals surface area contributed by atoms with E-state index in [2.05, 4.69) is 25.9 Å². The Morgan fingerprint density at radius 1 is 1.09 bits per heavy atom. The molecule has 0 aliphatic carbocycles. The van der Waals surface area contributed by atoms with Crippen LogP contribution in [-0.4, -0.2) is 64.5 Å². The summed E-state index contributed by atoms with van der Waals surface area (Å²) in [5.41, 5.74) is 4.84. The summed E-state index contributed by atoms with van der Waals surface area (Å²) in [4.78, 5) is 19.5. The minimum atomic E-state index is -3.52. The highest BCUT2D eigenvalue weighted by Crippen LogP contribution is 2.25. The number of carbonyl (C=O) groups excluding carboxylic acids is 1. The molecule has 0 radical (unpaired) electrons. The van der Waals surface area contributed by atoms with Crippen LogP contribution < -0.4 is 0 Å². The lowest BCUT2D eigenvalue weighted by Gasteiger charge is -2.33. The zero-order chi connectivity index (χ0) is 25.2. The Labute approximate surface area is 207 Å². The molecular weight excluding hydrogens is 462 g/mol. The molecule has 0 bridgehead atoms. The molecule has 0 unspecified atom stereocenters. The Morgan fingerprint density at radius 2 is 1.77 bits per heavy atom. The van der Waals surface area contributed by atoms with Gasteiger partial charge in [0.2, 0.25) is 15.9 Å². The number of hydrogen-bond donors (Lipinski definition) is 0. The predicted octanol–water partition coefficient (Wildman–Crippen LogP) is 3.71. The number of benzene rings is 1. The second-order valence-electron chi connectivity index (χ2n) is 9.26. The van der Waals surface area contributed by atoms with Gasteiger partial charge < -0.3 is 4.90 Å². The first-order valence-electron chi connectivity index (χ1n) is 12.0. The first-order valence-corrected chi connectivity index (χ1v) is 13.5. The largest absolute Gasteiger partial charge is 0.340 e. The molecule has 35 heavy (non-hydrogen) atoms. The fraction of sp³-hybridized carbons (Fsp3) is 0.423. The second kappa shape index (κ2) is 10.3. The van der Waals surface area contributed by atoms with Gasteiger partial charge in [-0.2, -0.15) is 9.40 Å². The van der Waals surface area contributed by atoms with Crippen LogP contribution >= 0.6 is 0 Å². The molecule has 0 spiro atoms. The Bertz CT molecular complexity index is 1340. The van der Waals surface area contributed by atoms with Crippen LogP contribution in [0.4, 0.5) is 0 Å². The van der Waals surface area contributed by atoms with E-state index in [9.17, 15) is 13.2 Å². The number of hydrogen-bond acceptors (Lipinski definition) is 5. The fourth-order valence-corrected chi connectivity index (χ4v) is 5.71. The van der Waals surface area contributed by atoms with Gasteiger partial charge in [-0.3, -0.25) is 4.79 Å². The first kappa shape index (κ1) is 25.1. The van der Waals surface area contributed by atoms with Gasteiger partial charge in [0.05, 0.1) is 6.20 Å². The molecule has 0 saturated carbocycles. The SMILES string of the molecule is Cc1nc2c(cnn2C(C)C)c(C)c1CCC(=O)N1CCN(S(=O)(=O)C=Cc2ccccc2)CC1. The summed E-state index contributed by atoms with van der Waals surface area (Å²) >= 11 is 0. The van der Waals surface area contributed by atoms with Crippen molar-refractivity contribution in [3.63, 3.8) is 0 Å². The van der Waals surface area contributed by atoms with Crippen LogP contribution in [0.25, 0.3) is 17.1 Å². The third-order valence-electron chi connectivity index (χ3n) is 6.60. The van der Waals surface area contributed by atoms with Crippen molar-refractivity contribution < 1.29 is 13.2 Å². The molecule has 186 valence electrons. The van der Waals surface area contributed by atoms with Gasteiger partial charge in [-0.05, 0) is 56.9 Å². The van der Waals surface area contributed by atoms with Gasteiger partial charge in [0.1, 0.15) is 0 Å². The maximum atomic E-state index is 12.9. The third kappa shape index (κ3) is 5.46. The number of nitrogens with zero attached hydrogens (tertiary/aromatic N) is 5. The molecule has 1 aromatic carbocycles. The van der Waals surface area contributed by atoms with Crippen molar-refractivity contribution in [2.24, 2.45) is 0 Å². The molecule has 1 saturated heterocycles. The first-order chi connectivity index (χ1) is 16.7. The molecule has 0 atom stereocenters. The van der Waals surface area contributed by atoms with E-state index in [1.54, 1.807) is 11.0 Å². The standard InChI is InChI=1S/C26H33N5O3S/c1-19(2)31-26-24(18-27-31)20(3)23(21(4)28-26)10-11-25(32)29-13-15-30(16-14-29)35(33,34)17-12-22-8-6-5-7-9-22/h5-9,12,17-19H,10-11,13-16H2,1-4H3. The van der Waals surface area contributed by atoms with E-state index in [1.165, 1.54) is 9.71 Å². The highest BCUT2D eigenvalue weighted by atomic mass is 32.2. The maximum Gasteiger partial charge on any atom is 0.236 e. The highest BCUT2D eigenvalue weighted by Gasteiger charge is 2.27. The molecule has 1 fully saturated rings. The minimum Gasteiger partial charge on any atom is -0.340 e. The summed E-state index contributed by atoms with van der Waals surface area (Å²) in [6.45, 7) is 9.60. The van der Waals surface area contributed by atoms with Gasteiger partial charge in [-0.15, -0.1) is 0 Å². The highest BCUT2D eigenvalue weighted by molar-refractivity contribution is 7.92. The smallest absolute Gasteiger partial charge is 0.236 e. The van der Waals surface area contributed by atoms with Crippen molar-refractivity contribution in [2.75, 3.05) is 26.2 Å². The number of sulfonamides is 1. The Kier molecular flexibility index (Phi) is 7.37. The number of piperazine rings is 1. The van der Waals surface area contributed by atoms with Crippen LogP contribution in [-0.2, 0) is 21.2 Å². The summed E-state index contributed by atoms with van der Waals surface area (Å²) in [6, 6.07) is 9.56. The van der Waals surface area contributed by atoms with Gasteiger partial charge in [0, 0.05) is 55.1 Å². The van der Waals surface area contributed by atoms with Crippen LogP contribution in [0, 0.1) is 13.8 Å². The van der Waals surface area contributed by atoms with Crippen LogP contribution in [0.3, 0.4) is 0 Å². The van der Waals surface area contributed by atoms with Crippen molar-refractivity contribution in [3.05, 3.63) is 64.3 Å². The summed E-state index contributed by atoms with van der Waals surface area (Å²) in [7, 11) is -3.52. The average Bonchev–Trinajstić information content (AvgIpc) is 3.27. The van der Waals surface area contributed by atoms with E-state index in [4.69, 9.17) is 4.98 Å². The molecule has 0 N–H and O–H groups in total. The zero-order valence-electron chi connectivity index (χ0n) is 20.8. The van der Waals surface area contributed by atoms with Crippen molar-refractivity contribution >= 4 is 33.0 Å². The number of fused-ring (bicyclic) bond motifs is 1. The van der Waals surface area contributed by atoms with E-state index in [1.807, 2.05) is 48.1 Å². The quantitative estimate of drug-likeness (QED) is 0.499. The number of aromatic nitrogens is 3. The third-order valence-corrected chi connectivity index (χ3v) is 8.16. The van der Waals surface area contributed by atoms with Gasteiger partial charge in [0.25, 0.3) is 0 Å². The lowest BCUT2D eigenvalue weighted by Crippen LogP contribution is -2.50. The van der Waals surface area contributed by atoms with Crippen molar-refractivity contribution in [1.82, 2.24) is 24.0 Å². The zero-order valence-corrected chi connectivity index (χ0v) is 21.6. The van der Waals surface area contributed by atoms with E-state index in [0.29, 0.717) is 39.0 Å². The number of carbonyl (C=O) groups is 1. The van der Waals surface area contributed by atoms with Crippen molar-refractivity contribution in [1.29, 1.82) is 0 Å². The van der Waals surface area contributed by atoms with Crippen LogP contribution in [0.2, 0.25) is 0 Å². The number of rotatable bonds is 7. The summed E-state index contributed by atoms with van der Waals surface area (Å²) in [5, 5.41) is 6.75. The molecule has 2 aromatic heterocycles. The van der Waals surface area contributed by atoms with Gasteiger partial charge in [-0.25, -0.2) is 18.1 Å². The topological polar surface area (TPSA) is 88.4 Å². The summed E-state index contributed by atoms with van der Waals surface area (Å²) in [5.74, 6) is 0.0404. The fourth-order valence-electron chi connectivity index (χ4n) is 4.54. The molecule has 3 heterocycles. The Hall–Kier alpha value is -3.04. The molecule has 8 nitrogen and oxygen atoms in total. The van der Waals surface area contributed by atoms with Crippen molar-refractivity contribution in [3.8, 4) is 0 Å². The molecule has 3 aromatic rings. The molecule has 1 aliphatic rings.